The van der Waals surface area contributed by atoms with Gasteiger partial charge in [-0.25, -0.2) is 9.18 Å². The number of methoxy groups -OCH3 is 1. The SMILES string of the molecule is COC(=O)c1cc(Oc2c(F)cc(C(F)(F)F)cc2[N+]#N)ccc1[N+](=O)[O-]. The van der Waals surface area contributed by atoms with Crippen LogP contribution in [0.3, 0.4) is 0 Å². The first kappa shape index (κ1) is 19.6. The Kier molecular flexibility index (Phi) is 5.25. The van der Waals surface area contributed by atoms with Gasteiger partial charge < -0.3 is 9.47 Å². The van der Waals surface area contributed by atoms with Crippen molar-refractivity contribution in [3.63, 3.8) is 0 Å². The van der Waals surface area contributed by atoms with Crippen molar-refractivity contribution >= 4 is 17.3 Å². The minimum atomic E-state index is -4.90. The molecule has 0 radical (unpaired) electrons. The molecular weight excluding hydrogens is 378 g/mol. The number of nitro benzene ring substituents is 1. The first-order valence-electron chi connectivity index (χ1n) is 6.89. The summed E-state index contributed by atoms with van der Waals surface area (Å²) >= 11 is 0. The molecule has 2 aromatic rings. The lowest BCUT2D eigenvalue weighted by atomic mass is 10.1. The third kappa shape index (κ3) is 4.09. The smallest absolute Gasteiger partial charge is 0.430 e. The number of benzene rings is 2. The standard InChI is InChI=1S/C15H8F4N3O5/c1-26-14(23)9-6-8(2-3-12(9)22(24)25)27-13-10(16)4-7(15(17,18)19)5-11(13)21-20/h2-6H,1H3/q+1. The first-order valence-corrected chi connectivity index (χ1v) is 6.89. The summed E-state index contributed by atoms with van der Waals surface area (Å²) in [6, 6.07) is 3.13. The molecule has 0 aliphatic heterocycles. The minimum Gasteiger partial charge on any atom is -0.465 e. The van der Waals surface area contributed by atoms with Gasteiger partial charge in [-0.05, 0) is 12.1 Å². The van der Waals surface area contributed by atoms with E-state index in [4.69, 9.17) is 10.1 Å². The molecular formula is C15H8F4N3O5+. The highest BCUT2D eigenvalue weighted by atomic mass is 19.4. The average molecular weight is 386 g/mol. The second-order valence-corrected chi connectivity index (χ2v) is 4.93. The summed E-state index contributed by atoms with van der Waals surface area (Å²) in [6.45, 7) is 0. The summed E-state index contributed by atoms with van der Waals surface area (Å²) in [4.78, 5) is 24.3. The van der Waals surface area contributed by atoms with Gasteiger partial charge in [-0.15, -0.1) is 0 Å². The van der Waals surface area contributed by atoms with Crippen LogP contribution in [-0.4, -0.2) is 18.0 Å². The number of esters is 1. The van der Waals surface area contributed by atoms with Crippen molar-refractivity contribution in [2.24, 2.45) is 0 Å². The number of rotatable bonds is 4. The number of hydrogen-bond acceptors (Lipinski definition) is 6. The quantitative estimate of drug-likeness (QED) is 0.245. The summed E-state index contributed by atoms with van der Waals surface area (Å²) in [5.41, 5.74) is -3.46. The van der Waals surface area contributed by atoms with Crippen LogP contribution in [-0.2, 0) is 10.9 Å². The molecule has 0 aliphatic carbocycles. The average Bonchev–Trinajstić information content (AvgIpc) is 2.61. The van der Waals surface area contributed by atoms with Crippen LogP contribution in [0.1, 0.15) is 15.9 Å². The van der Waals surface area contributed by atoms with E-state index in [1.807, 2.05) is 0 Å². The van der Waals surface area contributed by atoms with E-state index in [0.29, 0.717) is 6.07 Å². The number of alkyl halides is 3. The number of nitro groups is 1. The van der Waals surface area contributed by atoms with Crippen molar-refractivity contribution < 1.29 is 36.8 Å². The third-order valence-electron chi connectivity index (χ3n) is 3.25. The number of diazo groups is 1. The molecule has 0 N–H and O–H groups in total. The van der Waals surface area contributed by atoms with Crippen molar-refractivity contribution in [3.8, 4) is 11.5 Å². The summed E-state index contributed by atoms with van der Waals surface area (Å²) in [7, 11) is 0.970. The fourth-order valence-corrected chi connectivity index (χ4v) is 2.05. The molecule has 0 aliphatic rings. The zero-order valence-corrected chi connectivity index (χ0v) is 13.3. The van der Waals surface area contributed by atoms with Crippen LogP contribution in [0.5, 0.6) is 11.5 Å². The van der Waals surface area contributed by atoms with E-state index in [9.17, 15) is 32.5 Å². The molecule has 0 spiro atoms. The molecule has 0 atom stereocenters. The zero-order chi connectivity index (χ0) is 20.4. The molecule has 0 heterocycles. The molecule has 0 saturated carbocycles. The number of hydrogen-bond donors (Lipinski definition) is 0. The number of carbonyl (C=O) groups is 1. The number of ether oxygens (including phenoxy) is 2. The van der Waals surface area contributed by atoms with Gasteiger partial charge in [0.15, 0.2) is 10.8 Å². The molecule has 8 nitrogen and oxygen atoms in total. The lowest BCUT2D eigenvalue weighted by Crippen LogP contribution is -2.07. The Morgan fingerprint density at radius 1 is 1.26 bits per heavy atom. The number of halogens is 4. The Morgan fingerprint density at radius 3 is 2.44 bits per heavy atom. The van der Waals surface area contributed by atoms with Gasteiger partial charge in [-0.2, -0.15) is 13.2 Å². The summed E-state index contributed by atoms with van der Waals surface area (Å²) < 4.78 is 61.6. The molecule has 0 saturated heterocycles. The van der Waals surface area contributed by atoms with Crippen molar-refractivity contribution in [2.75, 3.05) is 7.11 Å². The van der Waals surface area contributed by atoms with E-state index >= 15 is 0 Å². The highest BCUT2D eigenvalue weighted by Crippen LogP contribution is 2.41. The molecule has 0 unspecified atom stereocenters. The maximum atomic E-state index is 14.1. The first-order chi connectivity index (χ1) is 12.6. The molecule has 2 aromatic carbocycles. The van der Waals surface area contributed by atoms with Crippen molar-refractivity contribution in [2.45, 2.75) is 6.18 Å². The van der Waals surface area contributed by atoms with Gasteiger partial charge in [-0.3, -0.25) is 10.1 Å². The molecule has 140 valence electrons. The highest BCUT2D eigenvalue weighted by Gasteiger charge is 2.36. The van der Waals surface area contributed by atoms with Gasteiger partial charge in [0.2, 0.25) is 5.39 Å². The fourth-order valence-electron chi connectivity index (χ4n) is 2.05. The molecule has 0 aromatic heterocycles. The van der Waals surface area contributed by atoms with Crippen LogP contribution < -0.4 is 4.74 Å². The number of carbonyl (C=O) groups excluding carboxylic acids is 1. The van der Waals surface area contributed by atoms with E-state index in [-0.39, 0.29) is 11.8 Å². The Labute approximate surface area is 147 Å². The second kappa shape index (κ2) is 7.24. The Bertz CT molecular complexity index is 969. The zero-order valence-electron chi connectivity index (χ0n) is 13.3. The normalized spacial score (nSPS) is 10.8. The summed E-state index contributed by atoms with van der Waals surface area (Å²) in [5.74, 6) is -3.82. The number of nitrogens with zero attached hydrogens (tertiary/aromatic N) is 3. The van der Waals surface area contributed by atoms with Gasteiger partial charge in [0.05, 0.1) is 23.7 Å². The van der Waals surface area contributed by atoms with Crippen LogP contribution in [0.4, 0.5) is 28.9 Å². The maximum Gasteiger partial charge on any atom is 0.430 e. The Hall–Kier alpha value is -3.75. The van der Waals surface area contributed by atoms with Gasteiger partial charge in [0, 0.05) is 12.1 Å². The lowest BCUT2D eigenvalue weighted by Gasteiger charge is -2.09. The summed E-state index contributed by atoms with van der Waals surface area (Å²) in [5, 5.41) is 19.8. The van der Waals surface area contributed by atoms with Crippen molar-refractivity contribution in [3.05, 3.63) is 62.4 Å². The van der Waals surface area contributed by atoms with E-state index in [0.717, 1.165) is 25.3 Å². The topological polar surface area (TPSA) is 107 Å². The molecule has 0 bridgehead atoms. The third-order valence-corrected chi connectivity index (χ3v) is 3.25. The Balaban J connectivity index is 2.53. The predicted octanol–water partition coefficient (Wildman–Crippen LogP) is 4.82. The molecule has 2 rings (SSSR count). The van der Waals surface area contributed by atoms with Crippen LogP contribution in [0.2, 0.25) is 0 Å². The minimum absolute atomic E-state index is 0.122. The van der Waals surface area contributed by atoms with Gasteiger partial charge >= 0.3 is 17.8 Å². The largest absolute Gasteiger partial charge is 0.465 e. The van der Waals surface area contributed by atoms with E-state index in [1.165, 1.54) is 0 Å². The summed E-state index contributed by atoms with van der Waals surface area (Å²) in [6.07, 6.45) is -4.90. The van der Waals surface area contributed by atoms with Crippen LogP contribution in [0.15, 0.2) is 30.3 Å². The van der Waals surface area contributed by atoms with Crippen LogP contribution in [0, 0.1) is 21.3 Å². The van der Waals surface area contributed by atoms with E-state index in [1.54, 1.807) is 0 Å². The van der Waals surface area contributed by atoms with E-state index in [2.05, 4.69) is 9.71 Å². The van der Waals surface area contributed by atoms with Crippen molar-refractivity contribution in [1.29, 1.82) is 5.39 Å². The highest BCUT2D eigenvalue weighted by molar-refractivity contribution is 5.94. The monoisotopic (exact) mass is 386 g/mol. The van der Waals surface area contributed by atoms with Crippen LogP contribution in [0.25, 0.3) is 4.98 Å². The molecule has 0 amide bonds. The second-order valence-electron chi connectivity index (χ2n) is 4.93. The molecule has 27 heavy (non-hydrogen) atoms. The van der Waals surface area contributed by atoms with Gasteiger partial charge in [-0.1, -0.05) is 0 Å². The van der Waals surface area contributed by atoms with Crippen molar-refractivity contribution in [1.82, 2.24) is 0 Å². The van der Waals surface area contributed by atoms with Gasteiger partial charge in [0.25, 0.3) is 11.4 Å². The van der Waals surface area contributed by atoms with Gasteiger partial charge in [0.1, 0.15) is 11.3 Å². The maximum absolute atomic E-state index is 14.1. The van der Waals surface area contributed by atoms with Crippen LogP contribution >= 0.6 is 0 Å². The molecule has 0 fully saturated rings. The Morgan fingerprint density at radius 2 is 1.93 bits per heavy atom. The fraction of sp³-hybridized carbons (Fsp3) is 0.133. The molecule has 12 heteroatoms. The predicted molar refractivity (Wildman–Crippen MR) is 80.7 cm³/mol. The van der Waals surface area contributed by atoms with E-state index < -0.39 is 51.1 Å². The lowest BCUT2D eigenvalue weighted by molar-refractivity contribution is -0.385.